The Morgan fingerprint density at radius 1 is 1.07 bits per heavy atom. The van der Waals surface area contributed by atoms with Crippen LogP contribution in [0.15, 0.2) is 36.4 Å². The molecule has 0 spiro atoms. The fraction of sp³-hybridized carbons (Fsp3) is 0.286. The summed E-state index contributed by atoms with van der Waals surface area (Å²) in [6.07, 6.45) is 0. The zero-order valence-corrected chi connectivity index (χ0v) is 17.0. The highest BCUT2D eigenvalue weighted by atomic mass is 16.5. The Balaban J connectivity index is 2.00. The monoisotopic (exact) mass is 397 g/mol. The van der Waals surface area contributed by atoms with E-state index in [1.165, 1.54) is 19.1 Å². The molecule has 1 heterocycles. The quantitative estimate of drug-likeness (QED) is 0.784. The Hall–Kier alpha value is -3.55. The number of hydrogen-bond donors (Lipinski definition) is 1. The van der Waals surface area contributed by atoms with Crippen LogP contribution in [0.5, 0.6) is 11.5 Å². The van der Waals surface area contributed by atoms with E-state index in [-0.39, 0.29) is 5.91 Å². The second-order valence-corrected chi connectivity index (χ2v) is 6.86. The fourth-order valence-corrected chi connectivity index (χ4v) is 3.22. The lowest BCUT2D eigenvalue weighted by Gasteiger charge is -2.18. The third-order valence-corrected chi connectivity index (χ3v) is 4.79. The van der Waals surface area contributed by atoms with E-state index in [0.29, 0.717) is 33.9 Å². The van der Waals surface area contributed by atoms with E-state index in [2.05, 4.69) is 5.32 Å². The molecule has 0 radical (unpaired) electrons. The van der Waals surface area contributed by atoms with Gasteiger partial charge in [-0.05, 0) is 36.8 Å². The number of carbonyl (C=O) groups is 3. The normalized spacial score (nSPS) is 15.9. The van der Waals surface area contributed by atoms with Crippen molar-refractivity contribution in [2.75, 3.05) is 33.2 Å². The number of benzene rings is 2. The molecule has 1 aliphatic rings. The number of nitrogens with one attached hydrogen (secondary N) is 1. The van der Waals surface area contributed by atoms with Crippen molar-refractivity contribution in [2.45, 2.75) is 13.0 Å². The number of aryl methyl sites for hydroxylation is 1. The Morgan fingerprint density at radius 3 is 2.41 bits per heavy atom. The van der Waals surface area contributed by atoms with Crippen LogP contribution < -0.4 is 19.7 Å². The molecule has 1 saturated heterocycles. The van der Waals surface area contributed by atoms with Gasteiger partial charge in [-0.2, -0.15) is 0 Å². The molecule has 2 aromatic carbocycles. The zero-order chi connectivity index (χ0) is 21.3. The molecule has 0 unspecified atom stereocenters. The summed E-state index contributed by atoms with van der Waals surface area (Å²) in [5.41, 5.74) is 1.98. The van der Waals surface area contributed by atoms with Crippen molar-refractivity contribution < 1.29 is 23.9 Å². The number of urea groups is 1. The highest BCUT2D eigenvalue weighted by molar-refractivity contribution is 6.22. The number of methoxy groups -OCH3 is 2. The molecule has 1 aliphatic heterocycles. The van der Waals surface area contributed by atoms with E-state index < -0.39 is 18.0 Å². The van der Waals surface area contributed by atoms with Crippen LogP contribution in [-0.2, 0) is 4.79 Å². The highest BCUT2D eigenvalue weighted by Gasteiger charge is 2.42. The van der Waals surface area contributed by atoms with Gasteiger partial charge in [-0.15, -0.1) is 0 Å². The van der Waals surface area contributed by atoms with E-state index >= 15 is 0 Å². The van der Waals surface area contributed by atoms with Gasteiger partial charge in [-0.1, -0.05) is 6.07 Å². The molecule has 8 heteroatoms. The number of imide groups is 1. The summed E-state index contributed by atoms with van der Waals surface area (Å²) in [5.74, 6) is 0.339. The van der Waals surface area contributed by atoms with Crippen LogP contribution in [0.25, 0.3) is 0 Å². The lowest BCUT2D eigenvalue weighted by atomic mass is 10.0. The Labute approximate surface area is 169 Å². The largest absolute Gasteiger partial charge is 0.497 e. The molecule has 0 bridgehead atoms. The lowest BCUT2D eigenvalue weighted by molar-refractivity contribution is -0.118. The molecule has 2 aromatic rings. The van der Waals surface area contributed by atoms with Crippen molar-refractivity contribution in [2.24, 2.45) is 0 Å². The SMILES string of the molecule is COc1ccc([C@@H]2NC(=O)N(c3cc(C(=O)N(C)C)ccc3C)C2=O)c(OC)c1. The molecule has 0 aliphatic carbocycles. The molecule has 152 valence electrons. The van der Waals surface area contributed by atoms with Crippen molar-refractivity contribution >= 4 is 23.5 Å². The molecule has 8 nitrogen and oxygen atoms in total. The van der Waals surface area contributed by atoms with Crippen molar-refractivity contribution in [1.82, 2.24) is 10.2 Å². The van der Waals surface area contributed by atoms with Crippen molar-refractivity contribution in [3.8, 4) is 11.5 Å². The number of anilines is 1. The zero-order valence-electron chi connectivity index (χ0n) is 17.0. The van der Waals surface area contributed by atoms with Crippen LogP contribution >= 0.6 is 0 Å². The van der Waals surface area contributed by atoms with Gasteiger partial charge in [0, 0.05) is 31.3 Å². The maximum atomic E-state index is 13.2. The number of nitrogens with zero attached hydrogens (tertiary/aromatic N) is 2. The van der Waals surface area contributed by atoms with E-state index in [4.69, 9.17) is 9.47 Å². The minimum Gasteiger partial charge on any atom is -0.497 e. The number of rotatable bonds is 5. The van der Waals surface area contributed by atoms with Crippen molar-refractivity contribution in [3.63, 3.8) is 0 Å². The van der Waals surface area contributed by atoms with Crippen LogP contribution in [0.4, 0.5) is 10.5 Å². The molecule has 4 amide bonds. The van der Waals surface area contributed by atoms with Gasteiger partial charge >= 0.3 is 6.03 Å². The van der Waals surface area contributed by atoms with Crippen molar-refractivity contribution in [1.29, 1.82) is 0 Å². The van der Waals surface area contributed by atoms with Crippen LogP contribution in [-0.4, -0.2) is 51.1 Å². The predicted molar refractivity (Wildman–Crippen MR) is 108 cm³/mol. The van der Waals surface area contributed by atoms with Crippen LogP contribution in [0.3, 0.4) is 0 Å². The standard InChI is InChI=1S/C21H23N3O5/c1-12-6-7-13(19(25)23(2)3)10-16(12)24-20(26)18(22-21(24)27)15-9-8-14(28-4)11-17(15)29-5/h6-11,18H,1-5H3,(H,22,27)/t18-/m0/s1. The summed E-state index contributed by atoms with van der Waals surface area (Å²) >= 11 is 0. The summed E-state index contributed by atoms with van der Waals surface area (Å²) in [7, 11) is 6.30. The molecular formula is C21H23N3O5. The Morgan fingerprint density at radius 2 is 1.79 bits per heavy atom. The average Bonchev–Trinajstić information content (AvgIpc) is 3.01. The van der Waals surface area contributed by atoms with Gasteiger partial charge in [-0.3, -0.25) is 9.59 Å². The Kier molecular flexibility index (Phi) is 5.45. The number of hydrogen-bond acceptors (Lipinski definition) is 5. The molecule has 0 aromatic heterocycles. The van der Waals surface area contributed by atoms with E-state index in [1.807, 2.05) is 0 Å². The summed E-state index contributed by atoms with van der Waals surface area (Å²) in [5, 5.41) is 2.70. The maximum absolute atomic E-state index is 13.2. The van der Waals surface area contributed by atoms with Crippen LogP contribution in [0.2, 0.25) is 0 Å². The first-order valence-electron chi connectivity index (χ1n) is 8.97. The molecule has 3 rings (SSSR count). The van der Waals surface area contributed by atoms with Gasteiger partial charge < -0.3 is 19.7 Å². The second kappa shape index (κ2) is 7.83. The van der Waals surface area contributed by atoms with Crippen LogP contribution in [0.1, 0.15) is 27.5 Å². The molecule has 0 saturated carbocycles. The first-order valence-corrected chi connectivity index (χ1v) is 8.97. The maximum Gasteiger partial charge on any atom is 0.329 e. The van der Waals surface area contributed by atoms with E-state index in [1.54, 1.807) is 57.4 Å². The third-order valence-electron chi connectivity index (χ3n) is 4.79. The fourth-order valence-electron chi connectivity index (χ4n) is 3.22. The minimum atomic E-state index is -0.907. The topological polar surface area (TPSA) is 88.2 Å². The predicted octanol–water partition coefficient (Wildman–Crippen LogP) is 2.51. The summed E-state index contributed by atoms with van der Waals surface area (Å²) in [4.78, 5) is 40.7. The first kappa shape index (κ1) is 20.2. The molecule has 29 heavy (non-hydrogen) atoms. The highest BCUT2D eigenvalue weighted by Crippen LogP contribution is 2.35. The number of amides is 4. The summed E-state index contributed by atoms with van der Waals surface area (Å²) in [6.45, 7) is 1.78. The second-order valence-electron chi connectivity index (χ2n) is 6.86. The first-order chi connectivity index (χ1) is 13.8. The van der Waals surface area contributed by atoms with Crippen LogP contribution in [0, 0.1) is 6.92 Å². The van der Waals surface area contributed by atoms with Gasteiger partial charge in [0.15, 0.2) is 0 Å². The Bertz CT molecular complexity index is 986. The minimum absolute atomic E-state index is 0.216. The van der Waals surface area contributed by atoms with E-state index in [0.717, 1.165) is 4.90 Å². The number of ether oxygens (including phenoxy) is 2. The molecule has 1 N–H and O–H groups in total. The summed E-state index contributed by atoms with van der Waals surface area (Å²) in [6, 6.07) is 8.51. The average molecular weight is 397 g/mol. The molecular weight excluding hydrogens is 374 g/mol. The molecule has 1 atom stereocenters. The molecule has 1 fully saturated rings. The third kappa shape index (κ3) is 3.61. The lowest BCUT2D eigenvalue weighted by Crippen LogP contribution is -2.32. The van der Waals surface area contributed by atoms with Gasteiger partial charge in [0.05, 0.1) is 19.9 Å². The van der Waals surface area contributed by atoms with Gasteiger partial charge in [0.2, 0.25) is 0 Å². The van der Waals surface area contributed by atoms with Crippen molar-refractivity contribution in [3.05, 3.63) is 53.1 Å². The number of carbonyl (C=O) groups excluding carboxylic acids is 3. The van der Waals surface area contributed by atoms with Gasteiger partial charge in [-0.25, -0.2) is 9.69 Å². The van der Waals surface area contributed by atoms with Gasteiger partial charge in [0.25, 0.3) is 11.8 Å². The smallest absolute Gasteiger partial charge is 0.329 e. The summed E-state index contributed by atoms with van der Waals surface area (Å²) < 4.78 is 10.6. The van der Waals surface area contributed by atoms with E-state index in [9.17, 15) is 14.4 Å². The van der Waals surface area contributed by atoms with Gasteiger partial charge in [0.1, 0.15) is 17.5 Å².